The second-order valence-corrected chi connectivity index (χ2v) is 4.41. The molecule has 0 saturated heterocycles. The average molecular weight is 305 g/mol. The molecular weight excluding hydrogens is 299 g/mol. The van der Waals surface area contributed by atoms with Crippen molar-refractivity contribution in [2.24, 2.45) is 0 Å². The molecule has 4 N–H and O–H groups in total. The van der Waals surface area contributed by atoms with Gasteiger partial charge in [-0.15, -0.1) is 0 Å². The van der Waals surface area contributed by atoms with E-state index < -0.39 is 22.7 Å². The van der Waals surface area contributed by atoms with Gasteiger partial charge in [-0.25, -0.2) is 4.39 Å². The summed E-state index contributed by atoms with van der Waals surface area (Å²) in [6, 6.07) is 5.05. The Bertz CT molecular complexity index is 893. The molecule has 0 amide bonds. The Morgan fingerprint density at radius 3 is 2.48 bits per heavy atom. The van der Waals surface area contributed by atoms with Crippen molar-refractivity contribution < 1.29 is 9.50 Å². The van der Waals surface area contributed by atoms with Crippen molar-refractivity contribution in [2.45, 2.75) is 0 Å². The second-order valence-electron chi connectivity index (χ2n) is 4.00. The summed E-state index contributed by atoms with van der Waals surface area (Å²) in [5.41, 5.74) is 3.40. The number of hydrogen-bond donors (Lipinski definition) is 3. The molecule has 0 saturated carbocycles. The van der Waals surface area contributed by atoms with Crippen molar-refractivity contribution in [3.8, 4) is 29.0 Å². The molecule has 1 aromatic heterocycles. The number of nitrogens with one attached hydrogen (secondary N) is 1. The molecule has 1 aromatic carbocycles. The van der Waals surface area contributed by atoms with Crippen LogP contribution in [-0.2, 0) is 0 Å². The molecule has 104 valence electrons. The number of phenols is 1. The zero-order valence-corrected chi connectivity index (χ0v) is 11.0. The van der Waals surface area contributed by atoms with Gasteiger partial charge in [-0.2, -0.15) is 10.5 Å². The molecule has 6 nitrogen and oxygen atoms in total. The highest BCUT2D eigenvalue weighted by Crippen LogP contribution is 2.35. The van der Waals surface area contributed by atoms with E-state index in [1.807, 2.05) is 0 Å². The van der Waals surface area contributed by atoms with Gasteiger partial charge in [-0.05, 0) is 6.07 Å². The number of aromatic nitrogens is 1. The van der Waals surface area contributed by atoms with E-state index in [0.717, 1.165) is 12.1 Å². The lowest BCUT2D eigenvalue weighted by Gasteiger charge is -2.10. The first kappa shape index (κ1) is 14.4. The van der Waals surface area contributed by atoms with Gasteiger partial charge in [0.15, 0.2) is 0 Å². The Morgan fingerprint density at radius 2 is 1.90 bits per heavy atom. The summed E-state index contributed by atoms with van der Waals surface area (Å²) in [5.74, 6) is -1.75. The number of H-pyrrole nitrogens is 1. The number of benzene rings is 1. The van der Waals surface area contributed by atoms with Crippen molar-refractivity contribution in [1.82, 2.24) is 4.98 Å². The van der Waals surface area contributed by atoms with Gasteiger partial charge in [-0.1, -0.05) is 11.6 Å². The molecule has 0 fully saturated rings. The molecule has 0 aliphatic heterocycles. The number of hydrogen-bond acceptors (Lipinski definition) is 5. The van der Waals surface area contributed by atoms with Crippen LogP contribution in [-0.4, -0.2) is 10.1 Å². The van der Waals surface area contributed by atoms with Gasteiger partial charge >= 0.3 is 0 Å². The van der Waals surface area contributed by atoms with E-state index in [2.05, 4.69) is 4.98 Å². The van der Waals surface area contributed by atoms with E-state index in [0.29, 0.717) is 0 Å². The maximum absolute atomic E-state index is 14.0. The van der Waals surface area contributed by atoms with Crippen LogP contribution in [0.3, 0.4) is 0 Å². The van der Waals surface area contributed by atoms with Crippen LogP contribution in [0.4, 0.5) is 10.2 Å². The Morgan fingerprint density at radius 1 is 1.29 bits per heavy atom. The zero-order chi connectivity index (χ0) is 15.7. The number of rotatable bonds is 1. The van der Waals surface area contributed by atoms with Gasteiger partial charge in [0, 0.05) is 17.2 Å². The van der Waals surface area contributed by atoms with E-state index in [9.17, 15) is 14.3 Å². The summed E-state index contributed by atoms with van der Waals surface area (Å²) in [7, 11) is 0. The molecule has 0 radical (unpaired) electrons. The summed E-state index contributed by atoms with van der Waals surface area (Å²) in [6.07, 6.45) is 0. The predicted molar refractivity (Wildman–Crippen MR) is 73.0 cm³/mol. The number of nitrogen functional groups attached to an aromatic ring is 1. The number of anilines is 1. The molecule has 0 unspecified atom stereocenters. The van der Waals surface area contributed by atoms with Crippen LogP contribution in [0.1, 0.15) is 11.1 Å². The first-order valence-electron chi connectivity index (χ1n) is 5.45. The monoisotopic (exact) mass is 304 g/mol. The number of nitrogens with two attached hydrogens (primary N) is 1. The molecule has 0 bridgehead atoms. The maximum atomic E-state index is 14.0. The van der Waals surface area contributed by atoms with E-state index in [1.54, 1.807) is 12.1 Å². The van der Waals surface area contributed by atoms with Crippen molar-refractivity contribution in [1.29, 1.82) is 10.5 Å². The number of nitriles is 2. The third-order valence-electron chi connectivity index (χ3n) is 2.77. The number of halogens is 2. The first-order chi connectivity index (χ1) is 9.90. The second kappa shape index (κ2) is 5.16. The summed E-state index contributed by atoms with van der Waals surface area (Å²) < 4.78 is 14.0. The average Bonchev–Trinajstić information content (AvgIpc) is 2.42. The van der Waals surface area contributed by atoms with Crippen LogP contribution in [0, 0.1) is 28.5 Å². The van der Waals surface area contributed by atoms with E-state index >= 15 is 0 Å². The van der Waals surface area contributed by atoms with Crippen LogP contribution in [0.25, 0.3) is 11.1 Å². The lowest BCUT2D eigenvalue weighted by atomic mass is 9.96. The Kier molecular flexibility index (Phi) is 3.53. The molecule has 8 heteroatoms. The number of nitrogens with zero attached hydrogens (tertiary/aromatic N) is 2. The fourth-order valence-corrected chi connectivity index (χ4v) is 2.00. The van der Waals surface area contributed by atoms with Crippen LogP contribution in [0.2, 0.25) is 5.02 Å². The zero-order valence-electron chi connectivity index (χ0n) is 10.2. The lowest BCUT2D eigenvalue weighted by Crippen LogP contribution is -2.16. The molecule has 21 heavy (non-hydrogen) atoms. The third-order valence-corrected chi connectivity index (χ3v) is 3.08. The Hall–Kier alpha value is -3.03. The first-order valence-corrected chi connectivity index (χ1v) is 5.82. The quantitative estimate of drug-likeness (QED) is 0.741. The van der Waals surface area contributed by atoms with Gasteiger partial charge in [0.25, 0.3) is 5.56 Å². The topological polar surface area (TPSA) is 127 Å². The van der Waals surface area contributed by atoms with E-state index in [-0.39, 0.29) is 27.5 Å². The molecule has 0 atom stereocenters. The maximum Gasteiger partial charge on any atom is 0.268 e. The highest BCUT2D eigenvalue weighted by molar-refractivity contribution is 6.32. The summed E-state index contributed by atoms with van der Waals surface area (Å²) in [5, 5.41) is 27.3. The molecule has 0 aliphatic rings. The lowest BCUT2D eigenvalue weighted by molar-refractivity contribution is 0.469. The fourth-order valence-electron chi connectivity index (χ4n) is 1.84. The van der Waals surface area contributed by atoms with Crippen molar-refractivity contribution in [3.63, 3.8) is 0 Å². The standard InChI is InChI=1S/C13H6ClFN4O2/c14-8-1-5(9(15)2-10(8)20)11-6(3-16)12(18)19-13(21)7(11)4-17/h1-2,20H,(H3,18,19,21). The van der Waals surface area contributed by atoms with Crippen molar-refractivity contribution in [2.75, 3.05) is 5.73 Å². The van der Waals surface area contributed by atoms with Crippen LogP contribution >= 0.6 is 11.6 Å². The molecule has 0 aliphatic carbocycles. The summed E-state index contributed by atoms with van der Waals surface area (Å²) >= 11 is 5.71. The van der Waals surface area contributed by atoms with Crippen molar-refractivity contribution >= 4 is 17.4 Å². The fraction of sp³-hybridized carbons (Fsp3) is 0. The third kappa shape index (κ3) is 2.27. The van der Waals surface area contributed by atoms with Gasteiger partial charge in [-0.3, -0.25) is 4.79 Å². The smallest absolute Gasteiger partial charge is 0.268 e. The van der Waals surface area contributed by atoms with Gasteiger partial charge in [0.1, 0.15) is 40.6 Å². The van der Waals surface area contributed by atoms with Crippen LogP contribution in [0.5, 0.6) is 5.75 Å². The molecular formula is C13H6ClFN4O2. The number of pyridine rings is 1. The molecule has 2 aromatic rings. The highest BCUT2D eigenvalue weighted by atomic mass is 35.5. The van der Waals surface area contributed by atoms with Gasteiger partial charge < -0.3 is 15.8 Å². The molecule has 1 heterocycles. The van der Waals surface area contributed by atoms with Crippen molar-refractivity contribution in [3.05, 3.63) is 44.5 Å². The van der Waals surface area contributed by atoms with E-state index in [4.69, 9.17) is 27.9 Å². The normalized spacial score (nSPS) is 9.90. The minimum Gasteiger partial charge on any atom is -0.506 e. The Balaban J connectivity index is 3.00. The van der Waals surface area contributed by atoms with Gasteiger partial charge in [0.2, 0.25) is 0 Å². The predicted octanol–water partition coefficient (Wildman–Crippen LogP) is 1.87. The number of aromatic hydroxyl groups is 1. The van der Waals surface area contributed by atoms with Gasteiger partial charge in [0.05, 0.1) is 5.02 Å². The highest BCUT2D eigenvalue weighted by Gasteiger charge is 2.21. The number of aromatic amines is 1. The molecule has 2 rings (SSSR count). The van der Waals surface area contributed by atoms with E-state index in [1.165, 1.54) is 0 Å². The minimum absolute atomic E-state index is 0.196. The SMILES string of the molecule is N#Cc1c(N)[nH]c(=O)c(C#N)c1-c1cc(Cl)c(O)cc1F. The van der Waals surface area contributed by atoms with Crippen LogP contribution in [0.15, 0.2) is 16.9 Å². The Labute approximate surface area is 122 Å². The minimum atomic E-state index is -0.949. The van der Waals surface area contributed by atoms with Crippen LogP contribution < -0.4 is 11.3 Å². The summed E-state index contributed by atoms with van der Waals surface area (Å²) in [6.45, 7) is 0. The number of phenolic OH excluding ortho intramolecular Hbond substituents is 1. The largest absolute Gasteiger partial charge is 0.506 e. The summed E-state index contributed by atoms with van der Waals surface area (Å²) in [4.78, 5) is 13.9. The molecule has 0 spiro atoms.